The summed E-state index contributed by atoms with van der Waals surface area (Å²) in [6, 6.07) is 16.1. The molecule has 0 atom stereocenters. The molecule has 0 fully saturated rings. The lowest BCUT2D eigenvalue weighted by Crippen LogP contribution is -1.90. The van der Waals surface area contributed by atoms with Gasteiger partial charge >= 0.3 is 0 Å². The van der Waals surface area contributed by atoms with E-state index in [0.717, 1.165) is 48.9 Å². The molecule has 0 aromatic heterocycles. The minimum absolute atomic E-state index is 0.227. The van der Waals surface area contributed by atoms with E-state index in [4.69, 9.17) is 0 Å². The fourth-order valence-electron chi connectivity index (χ4n) is 2.98. The van der Waals surface area contributed by atoms with Crippen molar-refractivity contribution in [3.05, 3.63) is 94.8 Å². The molecule has 0 aliphatic rings. The Balaban J connectivity index is 1.74. The Morgan fingerprint density at radius 3 is 2.07 bits per heavy atom. The van der Waals surface area contributed by atoms with E-state index in [1.807, 2.05) is 24.3 Å². The number of unbranched alkanes of at least 4 members (excludes halogenated alkanes) is 2. The number of halogens is 3. The predicted octanol–water partition coefficient (Wildman–Crippen LogP) is 6.90. The first kappa shape index (κ1) is 19.8. The molecule has 142 valence electrons. The van der Waals surface area contributed by atoms with E-state index in [9.17, 15) is 13.2 Å². The summed E-state index contributed by atoms with van der Waals surface area (Å²) < 4.78 is 40.7. The van der Waals surface area contributed by atoms with Crippen molar-refractivity contribution in [2.24, 2.45) is 0 Å². The minimum atomic E-state index is -0.921. The number of benzene rings is 3. The molecular weight excluding hydrogens is 357 g/mol. The van der Waals surface area contributed by atoms with Crippen LogP contribution in [0.4, 0.5) is 13.2 Å². The lowest BCUT2D eigenvalue weighted by Gasteiger charge is -2.07. The van der Waals surface area contributed by atoms with Crippen molar-refractivity contribution in [2.75, 3.05) is 0 Å². The van der Waals surface area contributed by atoms with Gasteiger partial charge in [0.25, 0.3) is 0 Å². The highest BCUT2D eigenvalue weighted by molar-refractivity contribution is 5.65. The first-order valence-electron chi connectivity index (χ1n) is 9.43. The van der Waals surface area contributed by atoms with Crippen molar-refractivity contribution in [3.8, 4) is 23.0 Å². The van der Waals surface area contributed by atoms with Crippen LogP contribution in [0.2, 0.25) is 0 Å². The van der Waals surface area contributed by atoms with Gasteiger partial charge in [-0.1, -0.05) is 55.9 Å². The maximum absolute atomic E-state index is 14.5. The van der Waals surface area contributed by atoms with Gasteiger partial charge in [0, 0.05) is 16.7 Å². The lowest BCUT2D eigenvalue weighted by molar-refractivity contribution is 0.508. The molecule has 0 unspecified atom stereocenters. The molecule has 0 N–H and O–H groups in total. The molecule has 0 nitrogen and oxygen atoms in total. The minimum Gasteiger partial charge on any atom is -0.206 e. The summed E-state index contributed by atoms with van der Waals surface area (Å²) in [6.45, 7) is 2.15. The number of aryl methyl sites for hydroxylation is 1. The van der Waals surface area contributed by atoms with Crippen LogP contribution in [0.1, 0.15) is 42.9 Å². The molecule has 0 bridgehead atoms. The van der Waals surface area contributed by atoms with E-state index in [1.54, 1.807) is 18.2 Å². The molecule has 0 aliphatic heterocycles. The molecule has 0 spiro atoms. The Morgan fingerprint density at radius 2 is 1.39 bits per heavy atom. The average Bonchev–Trinajstić information content (AvgIpc) is 2.70. The Hall–Kier alpha value is -2.99. The molecule has 0 saturated heterocycles. The van der Waals surface area contributed by atoms with Gasteiger partial charge in [0.1, 0.15) is 5.82 Å². The first-order chi connectivity index (χ1) is 13.6. The molecule has 3 aromatic carbocycles. The van der Waals surface area contributed by atoms with Crippen LogP contribution in [-0.2, 0) is 6.42 Å². The maximum Gasteiger partial charge on any atom is 0.160 e. The Labute approximate surface area is 164 Å². The SMILES string of the molecule is CCCCCc1ccc(-c2ccc(C#Cc3ccc(F)c(F)c3)cc2)c(F)c1. The topological polar surface area (TPSA) is 0 Å². The number of rotatable bonds is 5. The smallest absolute Gasteiger partial charge is 0.160 e. The van der Waals surface area contributed by atoms with Crippen molar-refractivity contribution in [1.29, 1.82) is 0 Å². The zero-order valence-corrected chi connectivity index (χ0v) is 15.7. The van der Waals surface area contributed by atoms with Gasteiger partial charge < -0.3 is 0 Å². The van der Waals surface area contributed by atoms with Crippen molar-refractivity contribution >= 4 is 0 Å². The highest BCUT2D eigenvalue weighted by Gasteiger charge is 2.06. The summed E-state index contributed by atoms with van der Waals surface area (Å²) in [5, 5.41) is 0. The van der Waals surface area contributed by atoms with Gasteiger partial charge in [0.15, 0.2) is 11.6 Å². The molecule has 0 radical (unpaired) electrons. The van der Waals surface area contributed by atoms with Gasteiger partial charge in [-0.25, -0.2) is 13.2 Å². The summed E-state index contributed by atoms with van der Waals surface area (Å²) >= 11 is 0. The maximum atomic E-state index is 14.5. The molecule has 0 amide bonds. The Bertz CT molecular complexity index is 1010. The van der Waals surface area contributed by atoms with E-state index in [-0.39, 0.29) is 5.82 Å². The number of hydrogen-bond acceptors (Lipinski definition) is 0. The zero-order chi connectivity index (χ0) is 19.9. The molecule has 28 heavy (non-hydrogen) atoms. The molecule has 3 heteroatoms. The van der Waals surface area contributed by atoms with E-state index in [1.165, 1.54) is 6.07 Å². The molecule has 0 heterocycles. The summed E-state index contributed by atoms with van der Waals surface area (Å²) in [5.41, 5.74) is 3.46. The second-order valence-corrected chi connectivity index (χ2v) is 6.73. The van der Waals surface area contributed by atoms with Gasteiger partial charge in [-0.2, -0.15) is 0 Å². The summed E-state index contributed by atoms with van der Waals surface area (Å²) in [5.74, 6) is 3.66. The monoisotopic (exact) mass is 378 g/mol. The van der Waals surface area contributed by atoms with Crippen LogP contribution >= 0.6 is 0 Å². The molecule has 0 aliphatic carbocycles. The van der Waals surface area contributed by atoms with Crippen LogP contribution < -0.4 is 0 Å². The fourth-order valence-corrected chi connectivity index (χ4v) is 2.98. The molecule has 3 rings (SSSR count). The van der Waals surface area contributed by atoms with Gasteiger partial charge in [-0.15, -0.1) is 0 Å². The third-order valence-electron chi connectivity index (χ3n) is 4.57. The van der Waals surface area contributed by atoms with Gasteiger partial charge in [-0.05, 0) is 60.4 Å². The number of hydrogen-bond donors (Lipinski definition) is 0. The van der Waals surface area contributed by atoms with Crippen LogP contribution in [0.15, 0.2) is 60.7 Å². The lowest BCUT2D eigenvalue weighted by atomic mass is 9.99. The summed E-state index contributed by atoms with van der Waals surface area (Å²) in [6.07, 6.45) is 4.26. The van der Waals surface area contributed by atoms with Gasteiger partial charge in [-0.3, -0.25) is 0 Å². The third-order valence-corrected chi connectivity index (χ3v) is 4.57. The van der Waals surface area contributed by atoms with Crippen LogP contribution in [0.5, 0.6) is 0 Å². The second kappa shape index (κ2) is 9.28. The average molecular weight is 378 g/mol. The van der Waals surface area contributed by atoms with E-state index in [2.05, 4.69) is 18.8 Å². The normalized spacial score (nSPS) is 10.4. The van der Waals surface area contributed by atoms with E-state index in [0.29, 0.717) is 16.7 Å². The standard InChI is InChI=1S/C25H21F3/c1-2-3-4-5-19-10-14-22(24(27)16-19)21-12-8-18(9-13-21)6-7-20-11-15-23(26)25(28)17-20/h8-17H,2-5H2,1H3. The van der Waals surface area contributed by atoms with Crippen molar-refractivity contribution < 1.29 is 13.2 Å². The van der Waals surface area contributed by atoms with Gasteiger partial charge in [0.05, 0.1) is 0 Å². The third kappa shape index (κ3) is 5.04. The molecular formula is C25H21F3. The van der Waals surface area contributed by atoms with Crippen LogP contribution in [0.25, 0.3) is 11.1 Å². The first-order valence-corrected chi connectivity index (χ1v) is 9.43. The van der Waals surface area contributed by atoms with E-state index < -0.39 is 11.6 Å². The van der Waals surface area contributed by atoms with Crippen LogP contribution in [0, 0.1) is 29.3 Å². The van der Waals surface area contributed by atoms with Crippen LogP contribution in [-0.4, -0.2) is 0 Å². The van der Waals surface area contributed by atoms with Crippen molar-refractivity contribution in [2.45, 2.75) is 32.6 Å². The summed E-state index contributed by atoms with van der Waals surface area (Å²) in [7, 11) is 0. The van der Waals surface area contributed by atoms with Crippen molar-refractivity contribution in [3.63, 3.8) is 0 Å². The Morgan fingerprint density at radius 1 is 0.679 bits per heavy atom. The largest absolute Gasteiger partial charge is 0.206 e. The van der Waals surface area contributed by atoms with E-state index >= 15 is 0 Å². The Kier molecular flexibility index (Phi) is 6.55. The summed E-state index contributed by atoms with van der Waals surface area (Å²) in [4.78, 5) is 0. The fraction of sp³-hybridized carbons (Fsp3) is 0.200. The van der Waals surface area contributed by atoms with Crippen LogP contribution in [0.3, 0.4) is 0 Å². The predicted molar refractivity (Wildman–Crippen MR) is 107 cm³/mol. The highest BCUT2D eigenvalue weighted by Crippen LogP contribution is 2.24. The van der Waals surface area contributed by atoms with Gasteiger partial charge in [0.2, 0.25) is 0 Å². The quantitative estimate of drug-likeness (QED) is 0.334. The second-order valence-electron chi connectivity index (χ2n) is 6.73. The highest BCUT2D eigenvalue weighted by atomic mass is 19.2. The molecule has 3 aromatic rings. The zero-order valence-electron chi connectivity index (χ0n) is 15.7. The molecule has 0 saturated carbocycles. The van der Waals surface area contributed by atoms with Crippen molar-refractivity contribution in [1.82, 2.24) is 0 Å².